The minimum absolute atomic E-state index is 0.0642. The molecule has 0 amide bonds. The number of phenols is 1. The van der Waals surface area contributed by atoms with E-state index in [0.717, 1.165) is 31.2 Å². The fourth-order valence-corrected chi connectivity index (χ4v) is 7.34. The van der Waals surface area contributed by atoms with Crippen LogP contribution in [0.25, 0.3) is 0 Å². The molecular weight excluding hydrogens is 444 g/mol. The molecule has 1 aromatic rings. The van der Waals surface area contributed by atoms with Crippen LogP contribution in [0.3, 0.4) is 0 Å². The Balaban J connectivity index is 1.76. The van der Waals surface area contributed by atoms with Crippen molar-refractivity contribution in [1.29, 1.82) is 0 Å². The quantitative estimate of drug-likeness (QED) is 0.232. The smallest absolute Gasteiger partial charge is 0.342 e. The fraction of sp³-hybridized carbons (Fsp3) is 0.655. The number of aromatic hydroxyl groups is 1. The molecule has 4 rings (SSSR count). The molecule has 35 heavy (non-hydrogen) atoms. The van der Waals surface area contributed by atoms with E-state index in [1.165, 1.54) is 18.1 Å². The molecule has 6 nitrogen and oxygen atoms in total. The van der Waals surface area contributed by atoms with Gasteiger partial charge in [-0.1, -0.05) is 26.3 Å². The zero-order chi connectivity index (χ0) is 25.8. The minimum Gasteiger partial charge on any atom is -0.507 e. The number of fused-ring (bicyclic) bond motifs is 2. The molecule has 192 valence electrons. The first-order valence-corrected chi connectivity index (χ1v) is 12.9. The number of allylic oxidation sites excluding steroid dienone is 1. The van der Waals surface area contributed by atoms with Gasteiger partial charge >= 0.3 is 11.9 Å². The van der Waals surface area contributed by atoms with Gasteiger partial charge in [-0.05, 0) is 111 Å². The van der Waals surface area contributed by atoms with Crippen molar-refractivity contribution in [3.05, 3.63) is 34.4 Å². The summed E-state index contributed by atoms with van der Waals surface area (Å²) >= 11 is 0. The molecule has 4 atom stereocenters. The minimum atomic E-state index is -0.646. The van der Waals surface area contributed by atoms with Gasteiger partial charge in [0.05, 0.1) is 6.42 Å². The van der Waals surface area contributed by atoms with Crippen molar-refractivity contribution in [3.8, 4) is 11.5 Å². The topological polar surface area (TPSA) is 82.1 Å². The second kappa shape index (κ2) is 8.95. The lowest BCUT2D eigenvalue weighted by Crippen LogP contribution is -2.53. The molecule has 0 aromatic heterocycles. The van der Waals surface area contributed by atoms with Crippen LogP contribution in [0.1, 0.15) is 91.2 Å². The van der Waals surface area contributed by atoms with Gasteiger partial charge in [0.1, 0.15) is 17.1 Å². The van der Waals surface area contributed by atoms with Gasteiger partial charge in [0, 0.05) is 6.92 Å². The Labute approximate surface area is 209 Å². The lowest BCUT2D eigenvalue weighted by atomic mass is 9.45. The van der Waals surface area contributed by atoms with Crippen LogP contribution in [0.15, 0.2) is 23.3 Å². The average molecular weight is 485 g/mol. The summed E-state index contributed by atoms with van der Waals surface area (Å²) in [5, 5.41) is 11.0. The summed E-state index contributed by atoms with van der Waals surface area (Å²) in [7, 11) is 0. The molecule has 1 saturated carbocycles. The standard InChI is InChI=1S/C29H40O6/c1-17-14-21(33-19(3)30)15-20(26(17)32)16-29(7)18(2)12-13-28(6)23-9-11-25(31)34-35-27(4,5)22(23)8-10-24(28)29/h14-15,18,24,32H,8-13,16H2,1-7H3/t18-,24-,28-,29-/m0/s1. The van der Waals surface area contributed by atoms with Crippen LogP contribution in [-0.4, -0.2) is 22.6 Å². The molecule has 1 aliphatic heterocycles. The number of carbonyl (C=O) groups excluding carboxylic acids is 2. The lowest BCUT2D eigenvalue weighted by Gasteiger charge is -2.60. The van der Waals surface area contributed by atoms with Gasteiger partial charge in [0.15, 0.2) is 0 Å². The van der Waals surface area contributed by atoms with E-state index in [2.05, 4.69) is 20.8 Å². The Bertz CT molecular complexity index is 1070. The number of hydrogen-bond donors (Lipinski definition) is 1. The van der Waals surface area contributed by atoms with Crippen molar-refractivity contribution >= 4 is 11.9 Å². The maximum atomic E-state index is 12.2. The van der Waals surface area contributed by atoms with Crippen LogP contribution >= 0.6 is 0 Å². The zero-order valence-corrected chi connectivity index (χ0v) is 22.2. The van der Waals surface area contributed by atoms with E-state index >= 15 is 0 Å². The van der Waals surface area contributed by atoms with Crippen molar-refractivity contribution in [3.63, 3.8) is 0 Å². The Hall–Kier alpha value is -2.34. The van der Waals surface area contributed by atoms with E-state index in [0.29, 0.717) is 42.4 Å². The van der Waals surface area contributed by atoms with E-state index in [1.807, 2.05) is 26.8 Å². The first kappa shape index (κ1) is 25.7. The highest BCUT2D eigenvalue weighted by atomic mass is 17.2. The van der Waals surface area contributed by atoms with Crippen molar-refractivity contribution in [2.75, 3.05) is 0 Å². The Kier molecular flexibility index (Phi) is 6.58. The predicted octanol–water partition coefficient (Wildman–Crippen LogP) is 6.36. The maximum absolute atomic E-state index is 12.2. The van der Waals surface area contributed by atoms with Gasteiger partial charge in [-0.2, -0.15) is 4.89 Å². The molecule has 0 spiro atoms. The van der Waals surface area contributed by atoms with Crippen molar-refractivity contribution in [2.45, 2.75) is 99.0 Å². The Morgan fingerprint density at radius 3 is 2.51 bits per heavy atom. The normalized spacial score (nSPS) is 32.6. The van der Waals surface area contributed by atoms with Crippen molar-refractivity contribution < 1.29 is 29.2 Å². The maximum Gasteiger partial charge on any atom is 0.342 e. The summed E-state index contributed by atoms with van der Waals surface area (Å²) in [4.78, 5) is 34.5. The van der Waals surface area contributed by atoms with Crippen LogP contribution in [0.5, 0.6) is 11.5 Å². The van der Waals surface area contributed by atoms with E-state index in [9.17, 15) is 14.7 Å². The highest BCUT2D eigenvalue weighted by molar-refractivity contribution is 5.70. The number of hydrogen-bond acceptors (Lipinski definition) is 6. The third-order valence-electron chi connectivity index (χ3n) is 9.36. The first-order valence-electron chi connectivity index (χ1n) is 12.9. The first-order chi connectivity index (χ1) is 16.3. The summed E-state index contributed by atoms with van der Waals surface area (Å²) in [6.07, 6.45) is 5.77. The van der Waals surface area contributed by atoms with E-state index in [1.54, 1.807) is 6.07 Å². The molecule has 0 radical (unpaired) electrons. The molecule has 1 heterocycles. The average Bonchev–Trinajstić information content (AvgIpc) is 2.76. The monoisotopic (exact) mass is 484 g/mol. The highest BCUT2D eigenvalue weighted by Crippen LogP contribution is 2.64. The third kappa shape index (κ3) is 4.50. The van der Waals surface area contributed by atoms with E-state index in [-0.39, 0.29) is 28.5 Å². The van der Waals surface area contributed by atoms with E-state index in [4.69, 9.17) is 14.5 Å². The van der Waals surface area contributed by atoms with E-state index < -0.39 is 5.60 Å². The van der Waals surface area contributed by atoms with Gasteiger partial charge in [-0.15, -0.1) is 0 Å². The largest absolute Gasteiger partial charge is 0.507 e. The third-order valence-corrected chi connectivity index (χ3v) is 9.36. The molecule has 0 unspecified atom stereocenters. The van der Waals surface area contributed by atoms with Crippen molar-refractivity contribution in [1.82, 2.24) is 0 Å². The molecule has 6 heteroatoms. The Morgan fingerprint density at radius 2 is 1.83 bits per heavy atom. The van der Waals surface area contributed by atoms with Crippen LogP contribution in [0.2, 0.25) is 0 Å². The summed E-state index contributed by atoms with van der Waals surface area (Å²) in [6.45, 7) is 14.3. The molecular formula is C29H40O6. The van der Waals surface area contributed by atoms with Gasteiger partial charge in [-0.3, -0.25) is 9.68 Å². The number of rotatable bonds is 3. The summed E-state index contributed by atoms with van der Waals surface area (Å²) < 4.78 is 5.38. The molecule has 1 aromatic carbocycles. The van der Waals surface area contributed by atoms with Gasteiger partial charge in [0.25, 0.3) is 0 Å². The van der Waals surface area contributed by atoms with Gasteiger partial charge < -0.3 is 9.84 Å². The second-order valence-electron chi connectivity index (χ2n) is 12.0. The predicted molar refractivity (Wildman–Crippen MR) is 133 cm³/mol. The van der Waals surface area contributed by atoms with Crippen LogP contribution in [0.4, 0.5) is 0 Å². The molecule has 0 bridgehead atoms. The number of carbonyl (C=O) groups is 2. The molecule has 0 saturated heterocycles. The summed E-state index contributed by atoms with van der Waals surface area (Å²) in [5.41, 5.74) is 3.37. The van der Waals surface area contributed by atoms with Crippen LogP contribution in [-0.2, 0) is 25.8 Å². The number of esters is 1. The number of phenolic OH excluding ortho intramolecular Hbond substituents is 1. The molecule has 3 aliphatic rings. The summed E-state index contributed by atoms with van der Waals surface area (Å²) in [6, 6.07) is 3.54. The molecule has 1 fully saturated rings. The lowest BCUT2D eigenvalue weighted by molar-refractivity contribution is -0.317. The second-order valence-corrected chi connectivity index (χ2v) is 12.0. The summed E-state index contributed by atoms with van der Waals surface area (Å²) in [5.74, 6) is 0.892. The van der Waals surface area contributed by atoms with Crippen molar-refractivity contribution in [2.24, 2.45) is 22.7 Å². The van der Waals surface area contributed by atoms with Gasteiger partial charge in [0.2, 0.25) is 0 Å². The molecule has 1 N–H and O–H groups in total. The molecule has 2 aliphatic carbocycles. The fourth-order valence-electron chi connectivity index (χ4n) is 7.34. The number of aryl methyl sites for hydroxylation is 1. The van der Waals surface area contributed by atoms with Crippen LogP contribution < -0.4 is 4.74 Å². The SMILES string of the molecule is CC(=O)Oc1cc(C)c(O)c(C[C@]2(C)[C@H]3CCC4=C(CCC(=O)OOC4(C)C)[C@]3(C)CC[C@@H]2C)c1. The highest BCUT2D eigenvalue weighted by Gasteiger charge is 2.56. The Morgan fingerprint density at radius 1 is 1.11 bits per heavy atom. The van der Waals surface area contributed by atoms with Crippen LogP contribution in [0, 0.1) is 29.6 Å². The zero-order valence-electron chi connectivity index (χ0n) is 22.2. The van der Waals surface area contributed by atoms with Gasteiger partial charge in [-0.25, -0.2) is 4.79 Å². The number of benzene rings is 1. The number of ether oxygens (including phenoxy) is 1.